The summed E-state index contributed by atoms with van der Waals surface area (Å²) in [7, 11) is -1.87. The van der Waals surface area contributed by atoms with Gasteiger partial charge >= 0.3 is 0 Å². The second-order valence-electron chi connectivity index (χ2n) is 9.70. The molecule has 0 amide bonds. The average Bonchev–Trinajstić information content (AvgIpc) is 3.64. The van der Waals surface area contributed by atoms with Crippen molar-refractivity contribution in [3.63, 3.8) is 0 Å². The van der Waals surface area contributed by atoms with Crippen molar-refractivity contribution in [2.75, 3.05) is 40.0 Å². The zero-order valence-electron chi connectivity index (χ0n) is 21.8. The fourth-order valence-corrected chi connectivity index (χ4v) is 7.41. The van der Waals surface area contributed by atoms with Crippen molar-refractivity contribution in [1.82, 2.24) is 8.87 Å². The highest BCUT2D eigenvalue weighted by atomic mass is 32.2. The molecule has 204 valence electrons. The number of sulfonamides is 1. The number of fused-ring (bicyclic) bond motifs is 1. The zero-order valence-corrected chi connectivity index (χ0v) is 23.4. The first-order valence-electron chi connectivity index (χ1n) is 13.1. The molecule has 4 aromatic rings. The minimum absolute atomic E-state index is 0.142. The largest absolute Gasteiger partial charge is 0.497 e. The van der Waals surface area contributed by atoms with E-state index in [2.05, 4.69) is 34.2 Å². The SMILES string of the molecule is COc1ccc2cc(-c3csc(=Nc4ccc(S(=O)(=O)N5CCOCC5)cc4)n3CC3CCCO3)ccc2c1. The Bertz CT molecular complexity index is 1630. The smallest absolute Gasteiger partial charge is 0.243 e. The summed E-state index contributed by atoms with van der Waals surface area (Å²) < 4.78 is 46.4. The van der Waals surface area contributed by atoms with E-state index in [0.29, 0.717) is 38.5 Å². The quantitative estimate of drug-likeness (QED) is 0.321. The van der Waals surface area contributed by atoms with Crippen molar-refractivity contribution >= 4 is 37.8 Å². The van der Waals surface area contributed by atoms with Gasteiger partial charge in [-0.25, -0.2) is 13.4 Å². The molecule has 6 rings (SSSR count). The van der Waals surface area contributed by atoms with Crippen molar-refractivity contribution in [3.8, 4) is 17.0 Å². The number of hydrogen-bond acceptors (Lipinski definition) is 7. The maximum Gasteiger partial charge on any atom is 0.243 e. The summed E-state index contributed by atoms with van der Waals surface area (Å²) in [5, 5.41) is 4.39. The molecule has 2 fully saturated rings. The summed E-state index contributed by atoms with van der Waals surface area (Å²) in [5.41, 5.74) is 2.89. The van der Waals surface area contributed by atoms with Crippen molar-refractivity contribution in [2.45, 2.75) is 30.4 Å². The lowest BCUT2D eigenvalue weighted by atomic mass is 10.0. The number of ether oxygens (including phenoxy) is 3. The van der Waals surface area contributed by atoms with Crippen LogP contribution in [0.1, 0.15) is 12.8 Å². The summed E-state index contributed by atoms with van der Waals surface area (Å²) in [4.78, 5) is 6.05. The van der Waals surface area contributed by atoms with Crippen LogP contribution in [0.15, 0.2) is 75.9 Å². The Labute approximate surface area is 232 Å². The maximum atomic E-state index is 13.0. The molecular weight excluding hydrogens is 534 g/mol. The normalized spacial score (nSPS) is 19.1. The molecule has 0 N–H and O–H groups in total. The molecule has 8 nitrogen and oxygen atoms in total. The van der Waals surface area contributed by atoms with Gasteiger partial charge in [-0.15, -0.1) is 11.3 Å². The molecule has 0 spiro atoms. The summed E-state index contributed by atoms with van der Waals surface area (Å²) in [5.74, 6) is 0.837. The number of thiazole rings is 1. The number of methoxy groups -OCH3 is 1. The summed E-state index contributed by atoms with van der Waals surface area (Å²) >= 11 is 1.57. The second-order valence-corrected chi connectivity index (χ2v) is 12.5. The van der Waals surface area contributed by atoms with Gasteiger partial charge in [0.2, 0.25) is 10.0 Å². The Kier molecular flexibility index (Phi) is 7.55. The Balaban J connectivity index is 1.35. The molecule has 3 aromatic carbocycles. The van der Waals surface area contributed by atoms with Crippen LogP contribution in [0.4, 0.5) is 5.69 Å². The van der Waals surface area contributed by atoms with Crippen LogP contribution >= 0.6 is 11.3 Å². The number of nitrogens with zero attached hydrogens (tertiary/aromatic N) is 3. The Morgan fingerprint density at radius 1 is 1.00 bits per heavy atom. The molecule has 3 heterocycles. The predicted octanol–water partition coefficient (Wildman–Crippen LogP) is 4.81. The molecule has 2 aliphatic rings. The maximum absolute atomic E-state index is 13.0. The molecule has 10 heteroatoms. The molecule has 0 saturated carbocycles. The fourth-order valence-electron chi connectivity index (χ4n) is 5.07. The van der Waals surface area contributed by atoms with Crippen LogP contribution in [0.5, 0.6) is 5.75 Å². The zero-order chi connectivity index (χ0) is 26.8. The van der Waals surface area contributed by atoms with Crippen molar-refractivity contribution < 1.29 is 22.6 Å². The van der Waals surface area contributed by atoms with E-state index in [4.69, 9.17) is 19.2 Å². The summed E-state index contributed by atoms with van der Waals surface area (Å²) in [6, 6.07) is 19.3. The van der Waals surface area contributed by atoms with Crippen molar-refractivity contribution in [3.05, 3.63) is 70.8 Å². The van der Waals surface area contributed by atoms with Gasteiger partial charge < -0.3 is 18.8 Å². The van der Waals surface area contributed by atoms with Crippen LogP contribution in [-0.2, 0) is 26.0 Å². The van der Waals surface area contributed by atoms with Gasteiger partial charge in [-0.2, -0.15) is 4.31 Å². The molecule has 2 saturated heterocycles. The van der Waals surface area contributed by atoms with E-state index in [-0.39, 0.29) is 11.0 Å². The Hall–Kier alpha value is -3.02. The summed E-state index contributed by atoms with van der Waals surface area (Å²) in [6.45, 7) is 3.08. The third-order valence-electron chi connectivity index (χ3n) is 7.22. The van der Waals surface area contributed by atoms with Gasteiger partial charge in [-0.05, 0) is 71.6 Å². The van der Waals surface area contributed by atoms with Gasteiger partial charge in [0.15, 0.2) is 4.80 Å². The molecular formula is C29H31N3O5S2. The first kappa shape index (κ1) is 26.2. The Morgan fingerprint density at radius 3 is 2.51 bits per heavy atom. The number of morpholine rings is 1. The third kappa shape index (κ3) is 5.53. The molecule has 0 radical (unpaired) electrons. The fraction of sp³-hybridized carbons (Fsp3) is 0.345. The van der Waals surface area contributed by atoms with Crippen LogP contribution in [0.3, 0.4) is 0 Å². The minimum Gasteiger partial charge on any atom is -0.497 e. The number of rotatable bonds is 7. The molecule has 39 heavy (non-hydrogen) atoms. The second kappa shape index (κ2) is 11.2. The van der Waals surface area contributed by atoms with Gasteiger partial charge in [0.1, 0.15) is 5.75 Å². The summed E-state index contributed by atoms with van der Waals surface area (Å²) in [6.07, 6.45) is 2.23. The standard InChI is InChI=1S/C29H31N3O5S2/c1-35-25-9-6-21-17-23(5-4-22(21)18-25)28-20-38-29(32(28)19-26-3-2-14-37-26)30-24-7-10-27(11-8-24)39(33,34)31-12-15-36-16-13-31/h4-11,17-18,20,26H,2-3,12-16,19H2,1H3. The van der Waals surface area contributed by atoms with E-state index in [1.165, 1.54) is 4.31 Å². The lowest BCUT2D eigenvalue weighted by Crippen LogP contribution is -2.40. The van der Waals surface area contributed by atoms with Gasteiger partial charge in [-0.3, -0.25) is 0 Å². The van der Waals surface area contributed by atoms with Crippen LogP contribution in [0.2, 0.25) is 0 Å². The third-order valence-corrected chi connectivity index (χ3v) is 10.00. The van der Waals surface area contributed by atoms with E-state index in [9.17, 15) is 8.42 Å². The van der Waals surface area contributed by atoms with E-state index < -0.39 is 10.0 Å². The van der Waals surface area contributed by atoms with E-state index >= 15 is 0 Å². The van der Waals surface area contributed by atoms with Crippen LogP contribution < -0.4 is 9.54 Å². The van der Waals surface area contributed by atoms with Gasteiger partial charge in [0, 0.05) is 25.1 Å². The van der Waals surface area contributed by atoms with Gasteiger partial charge in [-0.1, -0.05) is 18.2 Å². The topological polar surface area (TPSA) is 82.4 Å². The van der Waals surface area contributed by atoms with Gasteiger partial charge in [0.25, 0.3) is 0 Å². The number of benzene rings is 3. The van der Waals surface area contributed by atoms with E-state index in [0.717, 1.165) is 52.0 Å². The van der Waals surface area contributed by atoms with Gasteiger partial charge in [0.05, 0.1) is 49.2 Å². The van der Waals surface area contributed by atoms with E-state index in [1.54, 1.807) is 42.7 Å². The lowest BCUT2D eigenvalue weighted by molar-refractivity contribution is 0.0730. The minimum atomic E-state index is -3.55. The van der Waals surface area contributed by atoms with Crippen molar-refractivity contribution in [1.29, 1.82) is 0 Å². The molecule has 1 aromatic heterocycles. The predicted molar refractivity (Wildman–Crippen MR) is 152 cm³/mol. The Morgan fingerprint density at radius 2 is 1.77 bits per heavy atom. The molecule has 1 atom stereocenters. The van der Waals surface area contributed by atoms with Crippen molar-refractivity contribution in [2.24, 2.45) is 4.99 Å². The monoisotopic (exact) mass is 565 g/mol. The molecule has 2 aliphatic heterocycles. The van der Waals surface area contributed by atoms with E-state index in [1.807, 2.05) is 12.1 Å². The molecule has 0 bridgehead atoms. The average molecular weight is 566 g/mol. The lowest BCUT2D eigenvalue weighted by Gasteiger charge is -2.26. The molecule has 1 unspecified atom stereocenters. The van der Waals surface area contributed by atoms with Crippen LogP contribution in [0.25, 0.3) is 22.0 Å². The van der Waals surface area contributed by atoms with Crippen LogP contribution in [0, 0.1) is 0 Å². The first-order chi connectivity index (χ1) is 19.0. The number of aromatic nitrogens is 1. The highest BCUT2D eigenvalue weighted by Crippen LogP contribution is 2.29. The highest BCUT2D eigenvalue weighted by molar-refractivity contribution is 7.89. The highest BCUT2D eigenvalue weighted by Gasteiger charge is 2.26. The van der Waals surface area contributed by atoms with Crippen LogP contribution in [-0.4, -0.2) is 63.4 Å². The molecule has 0 aliphatic carbocycles. The number of hydrogen-bond donors (Lipinski definition) is 0. The first-order valence-corrected chi connectivity index (χ1v) is 15.4.